The zero-order valence-electron chi connectivity index (χ0n) is 14.8. The molecule has 0 spiro atoms. The molecule has 0 N–H and O–H groups in total. The summed E-state index contributed by atoms with van der Waals surface area (Å²) in [4.78, 5) is 14.4. The van der Waals surface area contributed by atoms with Crippen LogP contribution in [0.5, 0.6) is 0 Å². The van der Waals surface area contributed by atoms with Crippen molar-refractivity contribution >= 4 is 40.6 Å². The zero-order valence-corrected chi connectivity index (χ0v) is 17.1. The fourth-order valence-corrected chi connectivity index (χ4v) is 3.38. The lowest BCUT2D eigenvalue weighted by molar-refractivity contribution is -0.389. The van der Waals surface area contributed by atoms with E-state index >= 15 is 0 Å². The van der Waals surface area contributed by atoms with Crippen molar-refractivity contribution in [3.63, 3.8) is 0 Å². The molecule has 0 amide bonds. The van der Waals surface area contributed by atoms with E-state index < -0.39 is 11.0 Å². The number of nitro groups is 1. The number of hydrogen-bond acceptors (Lipinski definition) is 4. The maximum atomic E-state index is 11.0. The molecule has 1 aromatic heterocycles. The van der Waals surface area contributed by atoms with Crippen molar-refractivity contribution < 1.29 is 9.66 Å². The van der Waals surface area contributed by atoms with Crippen molar-refractivity contribution in [1.29, 1.82) is 0 Å². The van der Waals surface area contributed by atoms with Crippen molar-refractivity contribution in [3.05, 3.63) is 90.8 Å². The van der Waals surface area contributed by atoms with E-state index in [-0.39, 0.29) is 5.82 Å². The van der Waals surface area contributed by atoms with Gasteiger partial charge in [-0.15, -0.1) is 0 Å². The molecule has 28 heavy (non-hydrogen) atoms. The Morgan fingerprint density at radius 3 is 2.43 bits per heavy atom. The minimum absolute atomic E-state index is 0.212. The third-order valence-electron chi connectivity index (χ3n) is 4.19. The number of rotatable bonds is 7. The van der Waals surface area contributed by atoms with E-state index in [2.05, 4.69) is 4.98 Å². The van der Waals surface area contributed by atoms with Crippen LogP contribution in [-0.4, -0.2) is 14.5 Å². The molecule has 9 heteroatoms. The molecule has 0 saturated heterocycles. The molecule has 146 valence electrons. The Labute approximate surface area is 176 Å². The van der Waals surface area contributed by atoms with Gasteiger partial charge in [0.05, 0.1) is 13.2 Å². The average molecular weight is 441 g/mol. The smallest absolute Gasteiger partial charge is 0.367 e. The van der Waals surface area contributed by atoms with E-state index in [1.165, 1.54) is 6.20 Å². The summed E-state index contributed by atoms with van der Waals surface area (Å²) < 4.78 is 7.79. The van der Waals surface area contributed by atoms with Crippen LogP contribution in [0.25, 0.3) is 0 Å². The molecular formula is C19H16Cl3N3O3. The summed E-state index contributed by atoms with van der Waals surface area (Å²) >= 11 is 18.3. The van der Waals surface area contributed by atoms with Crippen LogP contribution in [0.3, 0.4) is 0 Å². The Hall–Kier alpha value is -2.12. The molecule has 1 heterocycles. The second-order valence-corrected chi connectivity index (χ2v) is 7.43. The minimum Gasteiger partial charge on any atom is -0.367 e. The predicted molar refractivity (Wildman–Crippen MR) is 109 cm³/mol. The first-order valence-corrected chi connectivity index (χ1v) is 9.46. The van der Waals surface area contributed by atoms with Gasteiger partial charge in [-0.1, -0.05) is 53.0 Å². The van der Waals surface area contributed by atoms with Gasteiger partial charge < -0.3 is 19.4 Å². The Morgan fingerprint density at radius 1 is 1.14 bits per heavy atom. The lowest BCUT2D eigenvalue weighted by Crippen LogP contribution is -2.14. The van der Waals surface area contributed by atoms with Crippen molar-refractivity contribution in [2.75, 3.05) is 0 Å². The van der Waals surface area contributed by atoms with Gasteiger partial charge in [-0.2, -0.15) is 0 Å². The molecule has 0 aliphatic carbocycles. The largest absolute Gasteiger partial charge is 0.381 e. The molecule has 1 atom stereocenters. The standard InChI is InChI=1S/C19H16Cl3N3O3/c1-12-23-19(25(26)27)10-24(12)9-18(16-7-6-15(21)8-17(16)22)28-11-13-2-4-14(20)5-3-13/h2-8,10,18H,9,11H2,1H3. The van der Waals surface area contributed by atoms with Crippen LogP contribution in [0.15, 0.2) is 48.7 Å². The lowest BCUT2D eigenvalue weighted by atomic mass is 10.1. The highest BCUT2D eigenvalue weighted by Crippen LogP contribution is 2.31. The van der Waals surface area contributed by atoms with Gasteiger partial charge in [-0.25, -0.2) is 0 Å². The van der Waals surface area contributed by atoms with E-state index in [0.717, 1.165) is 11.1 Å². The minimum atomic E-state index is -0.525. The summed E-state index contributed by atoms with van der Waals surface area (Å²) in [7, 11) is 0. The van der Waals surface area contributed by atoms with Crippen molar-refractivity contribution in [2.24, 2.45) is 0 Å². The first-order valence-electron chi connectivity index (χ1n) is 8.32. The molecule has 3 aromatic rings. The monoisotopic (exact) mass is 439 g/mol. The molecule has 3 rings (SSSR count). The van der Waals surface area contributed by atoms with Gasteiger partial charge in [-0.05, 0) is 39.7 Å². The van der Waals surface area contributed by atoms with E-state index in [9.17, 15) is 10.1 Å². The Kier molecular flexibility index (Phi) is 6.57. The summed E-state index contributed by atoms with van der Waals surface area (Å²) in [6, 6.07) is 12.5. The van der Waals surface area contributed by atoms with Gasteiger partial charge in [0.25, 0.3) is 0 Å². The molecule has 0 aliphatic rings. The second-order valence-electron chi connectivity index (χ2n) is 6.15. The number of ether oxygens (including phenoxy) is 1. The molecule has 0 fully saturated rings. The van der Waals surface area contributed by atoms with Crippen molar-refractivity contribution in [2.45, 2.75) is 26.2 Å². The van der Waals surface area contributed by atoms with Gasteiger partial charge >= 0.3 is 5.82 Å². The van der Waals surface area contributed by atoms with Crippen LogP contribution in [0, 0.1) is 17.0 Å². The van der Waals surface area contributed by atoms with Crippen molar-refractivity contribution in [1.82, 2.24) is 9.55 Å². The van der Waals surface area contributed by atoms with Crippen LogP contribution >= 0.6 is 34.8 Å². The van der Waals surface area contributed by atoms with Gasteiger partial charge in [-0.3, -0.25) is 0 Å². The first kappa shape index (κ1) is 20.6. The molecular weight excluding hydrogens is 425 g/mol. The maximum Gasteiger partial charge on any atom is 0.381 e. The van der Waals surface area contributed by atoms with Crippen LogP contribution < -0.4 is 0 Å². The summed E-state index contributed by atoms with van der Waals surface area (Å²) in [5.41, 5.74) is 1.67. The predicted octanol–water partition coefficient (Wildman–Crippen LogP) is 6.02. The highest BCUT2D eigenvalue weighted by molar-refractivity contribution is 6.35. The molecule has 0 aliphatic heterocycles. The maximum absolute atomic E-state index is 11.0. The quantitative estimate of drug-likeness (QED) is 0.333. The number of nitrogens with zero attached hydrogens (tertiary/aromatic N) is 3. The fourth-order valence-electron chi connectivity index (χ4n) is 2.72. The van der Waals surface area contributed by atoms with Gasteiger partial charge in [0.1, 0.15) is 12.3 Å². The summed E-state index contributed by atoms with van der Waals surface area (Å²) in [5.74, 6) is 0.299. The highest BCUT2D eigenvalue weighted by atomic mass is 35.5. The van der Waals surface area contributed by atoms with Gasteiger partial charge in [0.15, 0.2) is 0 Å². The highest BCUT2D eigenvalue weighted by Gasteiger charge is 2.22. The molecule has 2 aromatic carbocycles. The van der Waals surface area contributed by atoms with Crippen LogP contribution in [-0.2, 0) is 17.9 Å². The third-order valence-corrected chi connectivity index (χ3v) is 5.00. The Morgan fingerprint density at radius 2 is 1.82 bits per heavy atom. The van der Waals surface area contributed by atoms with E-state index in [1.54, 1.807) is 41.8 Å². The third kappa shape index (κ3) is 5.02. The normalized spacial score (nSPS) is 12.1. The number of hydrogen-bond donors (Lipinski definition) is 0. The SMILES string of the molecule is Cc1nc([N+](=O)[O-])cn1CC(OCc1ccc(Cl)cc1)c1ccc(Cl)cc1Cl. The summed E-state index contributed by atoms with van der Waals surface area (Å²) in [5, 5.41) is 12.6. The second kappa shape index (κ2) is 8.92. The van der Waals surface area contributed by atoms with Crippen LogP contribution in [0.2, 0.25) is 15.1 Å². The number of aryl methyl sites for hydroxylation is 1. The van der Waals surface area contributed by atoms with Crippen LogP contribution in [0.4, 0.5) is 5.82 Å². The van der Waals surface area contributed by atoms with Crippen LogP contribution in [0.1, 0.15) is 23.1 Å². The first-order chi connectivity index (χ1) is 13.3. The van der Waals surface area contributed by atoms with E-state index in [4.69, 9.17) is 39.5 Å². The number of aromatic nitrogens is 2. The summed E-state index contributed by atoms with van der Waals surface area (Å²) in [6.07, 6.45) is 0.922. The molecule has 6 nitrogen and oxygen atoms in total. The van der Waals surface area contributed by atoms with Crippen molar-refractivity contribution in [3.8, 4) is 0 Å². The van der Waals surface area contributed by atoms with E-state index in [1.807, 2.05) is 12.1 Å². The molecule has 0 saturated carbocycles. The number of halogens is 3. The molecule has 1 unspecified atom stereocenters. The molecule has 0 bridgehead atoms. The lowest BCUT2D eigenvalue weighted by Gasteiger charge is -2.20. The average Bonchev–Trinajstić information content (AvgIpc) is 3.01. The Bertz CT molecular complexity index is 990. The topological polar surface area (TPSA) is 70.2 Å². The summed E-state index contributed by atoms with van der Waals surface area (Å²) in [6.45, 7) is 2.32. The molecule has 0 radical (unpaired) electrons. The fraction of sp³-hybridized carbons (Fsp3) is 0.211. The Balaban J connectivity index is 1.87. The number of imidazole rings is 1. The van der Waals surface area contributed by atoms with Gasteiger partial charge in [0.2, 0.25) is 5.82 Å². The van der Waals surface area contributed by atoms with Gasteiger partial charge in [0, 0.05) is 27.6 Å². The van der Waals surface area contributed by atoms with E-state index in [0.29, 0.717) is 34.0 Å². The number of benzene rings is 2. The zero-order chi connectivity index (χ0) is 20.3.